The molecular weight excluding hydrogens is 513 g/mol. The summed E-state index contributed by atoms with van der Waals surface area (Å²) < 4.78 is 15.7. The second kappa shape index (κ2) is 8.58. The molecule has 3 aliphatic rings. The smallest absolute Gasteiger partial charge is 0.185 e. The summed E-state index contributed by atoms with van der Waals surface area (Å²) in [6, 6.07) is 25.1. The Labute approximate surface area is 229 Å². The van der Waals surface area contributed by atoms with Gasteiger partial charge in [0.1, 0.15) is 17.3 Å². The third-order valence-corrected chi connectivity index (χ3v) is 8.60. The summed E-state index contributed by atoms with van der Waals surface area (Å²) in [5, 5.41) is 0.473. The van der Waals surface area contributed by atoms with Crippen molar-refractivity contribution < 1.29 is 18.8 Å². The Balaban J connectivity index is 1.56. The van der Waals surface area contributed by atoms with Crippen LogP contribution >= 0.6 is 11.6 Å². The van der Waals surface area contributed by atoms with Crippen LogP contribution in [0.2, 0.25) is 5.02 Å². The van der Waals surface area contributed by atoms with Gasteiger partial charge in [0.15, 0.2) is 17.3 Å². The number of ketones is 3. The van der Waals surface area contributed by atoms with Gasteiger partial charge in [-0.3, -0.25) is 14.4 Å². The van der Waals surface area contributed by atoms with E-state index in [4.69, 9.17) is 11.6 Å². The van der Waals surface area contributed by atoms with Gasteiger partial charge in [-0.1, -0.05) is 84.4 Å². The molecule has 3 atom stereocenters. The molecule has 0 bridgehead atoms. The molecule has 39 heavy (non-hydrogen) atoms. The zero-order valence-electron chi connectivity index (χ0n) is 20.6. The maximum Gasteiger partial charge on any atom is 0.185 e. The van der Waals surface area contributed by atoms with Crippen LogP contribution < -0.4 is 4.90 Å². The third-order valence-electron chi connectivity index (χ3n) is 8.35. The lowest BCUT2D eigenvalue weighted by molar-refractivity contribution is 0.0664. The monoisotopic (exact) mass is 533 g/mol. The van der Waals surface area contributed by atoms with E-state index in [1.807, 2.05) is 41.3 Å². The van der Waals surface area contributed by atoms with Crippen molar-refractivity contribution in [2.24, 2.45) is 5.41 Å². The van der Waals surface area contributed by atoms with Gasteiger partial charge in [0.25, 0.3) is 0 Å². The molecule has 4 aromatic rings. The van der Waals surface area contributed by atoms with Crippen LogP contribution in [0.5, 0.6) is 0 Å². The second-order valence-corrected chi connectivity index (χ2v) is 10.6. The normalized spacial score (nSPS) is 22.1. The second-order valence-electron chi connectivity index (χ2n) is 10.2. The molecule has 7 rings (SSSR count). The minimum atomic E-state index is -1.73. The van der Waals surface area contributed by atoms with E-state index < -0.39 is 29.2 Å². The predicted octanol–water partition coefficient (Wildman–Crippen LogP) is 6.80. The number of benzene rings is 4. The molecule has 1 spiro atoms. The van der Waals surface area contributed by atoms with Crippen LogP contribution in [0.3, 0.4) is 0 Å². The van der Waals surface area contributed by atoms with Gasteiger partial charge in [0, 0.05) is 33.3 Å². The summed E-state index contributed by atoms with van der Waals surface area (Å²) in [7, 11) is 0. The minimum Gasteiger partial charge on any atom is -0.352 e. The molecule has 1 aliphatic carbocycles. The van der Waals surface area contributed by atoms with Crippen molar-refractivity contribution >= 4 is 40.7 Å². The van der Waals surface area contributed by atoms with E-state index in [2.05, 4.69) is 0 Å². The predicted molar refractivity (Wildman–Crippen MR) is 148 cm³/mol. The first-order valence-corrected chi connectivity index (χ1v) is 13.1. The Morgan fingerprint density at radius 1 is 0.795 bits per heavy atom. The van der Waals surface area contributed by atoms with E-state index >= 15 is 4.39 Å². The largest absolute Gasteiger partial charge is 0.352 e. The molecule has 4 nitrogen and oxygen atoms in total. The lowest BCUT2D eigenvalue weighted by Crippen LogP contribution is -2.48. The topological polar surface area (TPSA) is 54.5 Å². The Hall–Kier alpha value is -4.35. The highest BCUT2D eigenvalue weighted by Crippen LogP contribution is 2.61. The van der Waals surface area contributed by atoms with Crippen LogP contribution in [0.25, 0.3) is 6.08 Å². The molecule has 4 aromatic carbocycles. The van der Waals surface area contributed by atoms with Crippen LogP contribution in [0.4, 0.5) is 10.1 Å². The highest BCUT2D eigenvalue weighted by molar-refractivity contribution is 6.32. The fourth-order valence-corrected chi connectivity index (χ4v) is 6.90. The van der Waals surface area contributed by atoms with Crippen LogP contribution in [0, 0.1) is 11.2 Å². The van der Waals surface area contributed by atoms with Gasteiger partial charge >= 0.3 is 0 Å². The lowest BCUT2D eigenvalue weighted by Gasteiger charge is -2.37. The number of hydrogen-bond donors (Lipinski definition) is 0. The molecule has 190 valence electrons. The molecule has 1 fully saturated rings. The number of carbonyl (C=O) groups is 3. The average molecular weight is 534 g/mol. The molecule has 2 heterocycles. The summed E-state index contributed by atoms with van der Waals surface area (Å²) in [4.78, 5) is 45.4. The number of nitrogens with zero attached hydrogens (tertiary/aromatic N) is 1. The van der Waals surface area contributed by atoms with Crippen LogP contribution in [-0.2, 0) is 0 Å². The van der Waals surface area contributed by atoms with E-state index in [1.165, 1.54) is 6.07 Å². The molecular formula is C33H21ClFNO3. The van der Waals surface area contributed by atoms with Gasteiger partial charge in [0.2, 0.25) is 0 Å². The van der Waals surface area contributed by atoms with Gasteiger partial charge in [-0.25, -0.2) is 4.39 Å². The number of carbonyl (C=O) groups excluding carboxylic acids is 3. The maximum absolute atomic E-state index is 15.7. The first-order valence-electron chi connectivity index (χ1n) is 12.7. The summed E-state index contributed by atoms with van der Waals surface area (Å²) in [5.41, 5.74) is 0.965. The summed E-state index contributed by atoms with van der Waals surface area (Å²) in [6.45, 7) is 0. The van der Waals surface area contributed by atoms with Crippen molar-refractivity contribution in [3.63, 3.8) is 0 Å². The quantitative estimate of drug-likeness (QED) is 0.215. The van der Waals surface area contributed by atoms with E-state index in [0.717, 1.165) is 5.56 Å². The molecule has 0 amide bonds. The Morgan fingerprint density at radius 3 is 2.10 bits per heavy atom. The zero-order chi connectivity index (χ0) is 26.9. The van der Waals surface area contributed by atoms with E-state index in [-0.39, 0.29) is 22.9 Å². The van der Waals surface area contributed by atoms with E-state index in [0.29, 0.717) is 27.4 Å². The van der Waals surface area contributed by atoms with E-state index in [9.17, 15) is 14.4 Å². The summed E-state index contributed by atoms with van der Waals surface area (Å²) in [5.74, 6) is -2.74. The molecule has 0 radical (unpaired) electrons. The first-order chi connectivity index (χ1) is 18.9. The Kier molecular flexibility index (Phi) is 5.23. The van der Waals surface area contributed by atoms with Gasteiger partial charge in [-0.15, -0.1) is 0 Å². The molecule has 0 N–H and O–H groups in total. The average Bonchev–Trinajstić information content (AvgIpc) is 3.39. The van der Waals surface area contributed by atoms with Crippen LogP contribution in [0.1, 0.15) is 48.1 Å². The number of Topliss-reactive ketones (excluding diaryl/α,β-unsaturated/α-hetero) is 3. The van der Waals surface area contributed by atoms with Crippen LogP contribution in [0.15, 0.2) is 103 Å². The number of anilines is 1. The number of fused-ring (bicyclic) bond motifs is 5. The van der Waals surface area contributed by atoms with Crippen LogP contribution in [-0.4, -0.2) is 29.4 Å². The van der Waals surface area contributed by atoms with Gasteiger partial charge in [-0.2, -0.15) is 0 Å². The third kappa shape index (κ3) is 3.14. The molecule has 0 aromatic heterocycles. The zero-order valence-corrected chi connectivity index (χ0v) is 21.3. The number of para-hydroxylation sites is 1. The van der Waals surface area contributed by atoms with Gasteiger partial charge in [-0.05, 0) is 47.5 Å². The van der Waals surface area contributed by atoms with Crippen molar-refractivity contribution in [3.8, 4) is 0 Å². The SMILES string of the molecule is O=C(c1ccc(Cl)cc1)C1C(c2ccccc2F)C2(C(=O)c3ccccc3C2=O)C2C=Cc3ccccc3N12. The molecule has 6 heteroatoms. The van der Waals surface area contributed by atoms with Crippen molar-refractivity contribution in [3.05, 3.63) is 142 Å². The molecule has 3 unspecified atom stereocenters. The van der Waals surface area contributed by atoms with Gasteiger partial charge < -0.3 is 4.90 Å². The molecule has 1 saturated heterocycles. The fraction of sp³-hybridized carbons (Fsp3) is 0.121. The number of rotatable bonds is 3. The minimum absolute atomic E-state index is 0.166. The first kappa shape index (κ1) is 23.7. The number of hydrogen-bond acceptors (Lipinski definition) is 4. The standard InChI is InChI=1S/C33H21ClFNO3/c34-21-16-13-20(14-17-21)30(37)29-28(24-10-4-5-11-25(24)35)33(31(38)22-8-2-3-9-23(22)32(33)39)27-18-15-19-7-1-6-12-26(19)36(27)29/h1-18,27-29H. The maximum atomic E-state index is 15.7. The van der Waals surface area contributed by atoms with Crippen molar-refractivity contribution in [2.45, 2.75) is 18.0 Å². The Morgan fingerprint density at radius 2 is 1.41 bits per heavy atom. The van der Waals surface area contributed by atoms with Gasteiger partial charge in [0.05, 0.1) is 6.04 Å². The van der Waals surface area contributed by atoms with Crippen molar-refractivity contribution in [2.75, 3.05) is 4.90 Å². The molecule has 0 saturated carbocycles. The summed E-state index contributed by atoms with van der Waals surface area (Å²) in [6.07, 6.45) is 3.71. The Bertz CT molecular complexity index is 1690. The lowest BCUT2D eigenvalue weighted by atomic mass is 9.64. The molecule has 2 aliphatic heterocycles. The van der Waals surface area contributed by atoms with Crippen molar-refractivity contribution in [1.82, 2.24) is 0 Å². The fourth-order valence-electron chi connectivity index (χ4n) is 6.77. The highest BCUT2D eigenvalue weighted by atomic mass is 35.5. The highest BCUT2D eigenvalue weighted by Gasteiger charge is 2.71. The summed E-state index contributed by atoms with van der Waals surface area (Å²) >= 11 is 6.12. The van der Waals surface area contributed by atoms with E-state index in [1.54, 1.807) is 66.7 Å². The number of halogens is 2. The van der Waals surface area contributed by atoms with Crippen molar-refractivity contribution in [1.29, 1.82) is 0 Å².